The van der Waals surface area contributed by atoms with Crippen molar-refractivity contribution in [2.45, 2.75) is 13.3 Å². The minimum Gasteiger partial charge on any atom is -0.481 e. The van der Waals surface area contributed by atoms with Gasteiger partial charge in [-0.05, 0) is 6.92 Å². The van der Waals surface area contributed by atoms with Crippen LogP contribution in [0.3, 0.4) is 0 Å². The van der Waals surface area contributed by atoms with Crippen molar-refractivity contribution in [3.63, 3.8) is 0 Å². The van der Waals surface area contributed by atoms with Crippen molar-refractivity contribution in [3.8, 4) is 0 Å². The molecule has 2 nitrogen and oxygen atoms in total. The Morgan fingerprint density at radius 1 is 1.78 bits per heavy atom. The predicted octanol–water partition coefficient (Wildman–Crippen LogP) is 1.59. The molecule has 0 unspecified atom stereocenters. The summed E-state index contributed by atoms with van der Waals surface area (Å²) in [6.45, 7) is 5.39. The minimum atomic E-state index is -0.812. The molecule has 0 aromatic heterocycles. The summed E-state index contributed by atoms with van der Waals surface area (Å²) < 4.78 is 0. The molecule has 0 fully saturated rings. The van der Waals surface area contributed by atoms with Crippen molar-refractivity contribution in [2.24, 2.45) is 0 Å². The van der Waals surface area contributed by atoms with E-state index in [9.17, 15) is 4.79 Å². The van der Waals surface area contributed by atoms with Crippen molar-refractivity contribution in [1.29, 1.82) is 0 Å². The lowest BCUT2D eigenvalue weighted by Gasteiger charge is -1.83. The van der Waals surface area contributed by atoms with Gasteiger partial charge in [0, 0.05) is 0 Å². The van der Waals surface area contributed by atoms with Crippen LogP contribution < -0.4 is 0 Å². The van der Waals surface area contributed by atoms with E-state index in [0.717, 1.165) is 5.57 Å². The monoisotopic (exact) mass is 126 g/mol. The van der Waals surface area contributed by atoms with Crippen LogP contribution in [-0.4, -0.2) is 11.1 Å². The van der Waals surface area contributed by atoms with Crippen molar-refractivity contribution in [3.05, 3.63) is 24.3 Å². The molecule has 0 aliphatic carbocycles. The maximum absolute atomic E-state index is 9.90. The molecule has 0 amide bonds. The van der Waals surface area contributed by atoms with Crippen LogP contribution in [0.4, 0.5) is 0 Å². The fourth-order valence-corrected chi connectivity index (χ4v) is 0.361. The van der Waals surface area contributed by atoms with Crippen LogP contribution in [0.15, 0.2) is 24.3 Å². The number of hydrogen-bond acceptors (Lipinski definition) is 1. The van der Waals surface area contributed by atoms with Gasteiger partial charge in [0.05, 0.1) is 6.42 Å². The highest BCUT2D eigenvalue weighted by Crippen LogP contribution is 1.90. The fourth-order valence-electron chi connectivity index (χ4n) is 0.361. The average Bonchev–Trinajstić information content (AvgIpc) is 1.63. The molecule has 0 aromatic rings. The normalized spacial score (nSPS) is 9.89. The van der Waals surface area contributed by atoms with Crippen molar-refractivity contribution in [1.82, 2.24) is 0 Å². The summed E-state index contributed by atoms with van der Waals surface area (Å²) >= 11 is 0. The Labute approximate surface area is 54.5 Å². The third kappa shape index (κ3) is 6.95. The number of allylic oxidation sites excluding steroid dienone is 2. The van der Waals surface area contributed by atoms with E-state index in [1.807, 2.05) is 6.92 Å². The summed E-state index contributed by atoms with van der Waals surface area (Å²) in [7, 11) is 0. The van der Waals surface area contributed by atoms with Gasteiger partial charge >= 0.3 is 5.97 Å². The smallest absolute Gasteiger partial charge is 0.307 e. The van der Waals surface area contributed by atoms with E-state index < -0.39 is 5.97 Å². The van der Waals surface area contributed by atoms with Crippen molar-refractivity contribution >= 4 is 5.97 Å². The molecule has 0 spiro atoms. The quantitative estimate of drug-likeness (QED) is 0.583. The summed E-state index contributed by atoms with van der Waals surface area (Å²) in [4.78, 5) is 9.90. The first-order valence-electron chi connectivity index (χ1n) is 2.67. The second-order valence-corrected chi connectivity index (χ2v) is 1.85. The molecule has 0 aromatic carbocycles. The fraction of sp³-hybridized carbons (Fsp3) is 0.286. The van der Waals surface area contributed by atoms with Crippen LogP contribution >= 0.6 is 0 Å². The average molecular weight is 126 g/mol. The molecule has 1 N–H and O–H groups in total. The van der Waals surface area contributed by atoms with E-state index in [2.05, 4.69) is 6.58 Å². The third-order valence-electron chi connectivity index (χ3n) is 0.695. The van der Waals surface area contributed by atoms with E-state index in [0.29, 0.717) is 0 Å². The Balaban J connectivity index is 3.48. The van der Waals surface area contributed by atoms with Crippen LogP contribution in [0.25, 0.3) is 0 Å². The maximum atomic E-state index is 9.90. The van der Waals surface area contributed by atoms with E-state index in [1.54, 1.807) is 12.2 Å². The van der Waals surface area contributed by atoms with Gasteiger partial charge in [0.15, 0.2) is 0 Å². The molecule has 2 heteroatoms. The first kappa shape index (κ1) is 7.95. The van der Waals surface area contributed by atoms with Crippen LogP contribution in [0.2, 0.25) is 0 Å². The zero-order chi connectivity index (χ0) is 7.28. The molecule has 0 heterocycles. The van der Waals surface area contributed by atoms with E-state index in [-0.39, 0.29) is 6.42 Å². The molecular formula is C7H10O2. The van der Waals surface area contributed by atoms with Gasteiger partial charge in [0.1, 0.15) is 0 Å². The van der Waals surface area contributed by atoms with Gasteiger partial charge in [-0.15, -0.1) is 0 Å². The molecule has 0 saturated heterocycles. The molecule has 9 heavy (non-hydrogen) atoms. The van der Waals surface area contributed by atoms with Gasteiger partial charge in [-0.1, -0.05) is 24.3 Å². The predicted molar refractivity (Wildman–Crippen MR) is 36.2 cm³/mol. The highest BCUT2D eigenvalue weighted by molar-refractivity contribution is 5.68. The molecule has 50 valence electrons. The Morgan fingerprint density at radius 3 is 2.67 bits per heavy atom. The molecule has 0 rings (SSSR count). The summed E-state index contributed by atoms with van der Waals surface area (Å²) in [5.74, 6) is -0.812. The lowest BCUT2D eigenvalue weighted by Crippen LogP contribution is -1.89. The van der Waals surface area contributed by atoms with Crippen LogP contribution in [0.5, 0.6) is 0 Å². The van der Waals surface area contributed by atoms with Crippen LogP contribution in [0, 0.1) is 0 Å². The summed E-state index contributed by atoms with van der Waals surface area (Å²) in [6.07, 6.45) is 3.34. The topological polar surface area (TPSA) is 37.3 Å². The second-order valence-electron chi connectivity index (χ2n) is 1.85. The molecule has 0 aliphatic heterocycles. The molecule has 0 aliphatic rings. The number of carboxylic acid groups (broad SMARTS) is 1. The molecule has 0 bridgehead atoms. The number of carboxylic acids is 1. The van der Waals surface area contributed by atoms with E-state index in [1.165, 1.54) is 0 Å². The van der Waals surface area contributed by atoms with E-state index >= 15 is 0 Å². The zero-order valence-electron chi connectivity index (χ0n) is 5.42. The van der Waals surface area contributed by atoms with Gasteiger partial charge < -0.3 is 5.11 Å². The summed E-state index contributed by atoms with van der Waals surface area (Å²) in [5, 5.41) is 8.15. The summed E-state index contributed by atoms with van der Waals surface area (Å²) in [6, 6.07) is 0. The number of aliphatic carboxylic acids is 1. The van der Waals surface area contributed by atoms with Gasteiger partial charge in [-0.25, -0.2) is 0 Å². The molecule has 0 atom stereocenters. The highest BCUT2D eigenvalue weighted by Gasteiger charge is 1.87. The highest BCUT2D eigenvalue weighted by atomic mass is 16.4. The van der Waals surface area contributed by atoms with Gasteiger partial charge in [0.2, 0.25) is 0 Å². The third-order valence-corrected chi connectivity index (χ3v) is 0.695. The Hall–Kier alpha value is -1.05. The number of rotatable bonds is 3. The Bertz CT molecular complexity index is 145. The van der Waals surface area contributed by atoms with Crippen LogP contribution in [0.1, 0.15) is 13.3 Å². The SMILES string of the molecule is C=C(C)/C=C\CC(=O)O. The second kappa shape index (κ2) is 3.89. The lowest BCUT2D eigenvalue weighted by atomic mass is 10.3. The molecular weight excluding hydrogens is 116 g/mol. The van der Waals surface area contributed by atoms with Crippen molar-refractivity contribution < 1.29 is 9.90 Å². The minimum absolute atomic E-state index is 0.0762. The van der Waals surface area contributed by atoms with Gasteiger partial charge in [-0.3, -0.25) is 4.79 Å². The number of carbonyl (C=O) groups is 1. The first-order chi connectivity index (χ1) is 4.13. The van der Waals surface area contributed by atoms with Gasteiger partial charge in [-0.2, -0.15) is 0 Å². The largest absolute Gasteiger partial charge is 0.481 e. The zero-order valence-corrected chi connectivity index (χ0v) is 5.42. The Kier molecular flexibility index (Phi) is 3.44. The summed E-state index contributed by atoms with van der Waals surface area (Å²) in [5.41, 5.74) is 0.872. The standard InChI is InChI=1S/C7H10O2/c1-6(2)4-3-5-7(8)9/h3-4H,1,5H2,2H3,(H,8,9)/b4-3-. The maximum Gasteiger partial charge on any atom is 0.307 e. The molecule has 0 saturated carbocycles. The van der Waals surface area contributed by atoms with Crippen LogP contribution in [-0.2, 0) is 4.79 Å². The number of hydrogen-bond donors (Lipinski definition) is 1. The lowest BCUT2D eigenvalue weighted by molar-refractivity contribution is -0.135. The van der Waals surface area contributed by atoms with Crippen molar-refractivity contribution in [2.75, 3.05) is 0 Å². The molecule has 0 radical (unpaired) electrons. The van der Waals surface area contributed by atoms with E-state index in [4.69, 9.17) is 5.11 Å². The van der Waals surface area contributed by atoms with Gasteiger partial charge in [0.25, 0.3) is 0 Å². The first-order valence-corrected chi connectivity index (χ1v) is 2.67. The Morgan fingerprint density at radius 2 is 2.33 bits per heavy atom.